The molecule has 19 heavy (non-hydrogen) atoms. The Kier molecular flexibility index (Phi) is 5.45. The first kappa shape index (κ1) is 14.1. The van der Waals surface area contributed by atoms with Gasteiger partial charge in [0.25, 0.3) is 0 Å². The molecule has 0 aliphatic heterocycles. The number of rotatable bonds is 6. The monoisotopic (exact) mass is 273 g/mol. The average molecular weight is 273 g/mol. The molecule has 2 rings (SSSR count). The van der Waals surface area contributed by atoms with Crippen LogP contribution in [0, 0.1) is 0 Å². The fourth-order valence-corrected chi connectivity index (χ4v) is 2.27. The SMILES string of the molecule is CSc1ccc(CNCc2ccc(CO)cc2)cc1. The minimum Gasteiger partial charge on any atom is -0.392 e. The zero-order valence-electron chi connectivity index (χ0n) is 11.1. The van der Waals surface area contributed by atoms with E-state index < -0.39 is 0 Å². The average Bonchev–Trinajstić information content (AvgIpc) is 2.49. The summed E-state index contributed by atoms with van der Waals surface area (Å²) in [5.41, 5.74) is 3.49. The van der Waals surface area contributed by atoms with E-state index in [-0.39, 0.29) is 6.61 Å². The maximum absolute atomic E-state index is 8.98. The second kappa shape index (κ2) is 7.34. The summed E-state index contributed by atoms with van der Waals surface area (Å²) in [5, 5.41) is 12.4. The standard InChI is InChI=1S/C16H19NOS/c1-19-16-8-6-14(7-9-16)11-17-10-13-2-4-15(12-18)5-3-13/h2-9,17-18H,10-12H2,1H3. The molecule has 0 unspecified atom stereocenters. The van der Waals surface area contributed by atoms with Crippen molar-refractivity contribution < 1.29 is 5.11 Å². The Bertz CT molecular complexity index is 446. The number of thioether (sulfide) groups is 1. The van der Waals surface area contributed by atoms with Crippen molar-refractivity contribution in [3.05, 3.63) is 65.2 Å². The van der Waals surface area contributed by atoms with E-state index in [1.807, 2.05) is 12.1 Å². The Labute approximate surface area is 118 Å². The van der Waals surface area contributed by atoms with Crippen LogP contribution in [-0.4, -0.2) is 11.4 Å². The quantitative estimate of drug-likeness (QED) is 0.793. The van der Waals surface area contributed by atoms with E-state index in [0.29, 0.717) is 0 Å². The smallest absolute Gasteiger partial charge is 0.0681 e. The van der Waals surface area contributed by atoms with Gasteiger partial charge >= 0.3 is 0 Å². The molecule has 0 atom stereocenters. The van der Waals surface area contributed by atoms with Crippen molar-refractivity contribution in [2.24, 2.45) is 0 Å². The summed E-state index contributed by atoms with van der Waals surface area (Å²) in [5.74, 6) is 0. The van der Waals surface area contributed by atoms with Crippen LogP contribution in [0.1, 0.15) is 16.7 Å². The number of aliphatic hydroxyl groups excluding tert-OH is 1. The molecule has 0 bridgehead atoms. The van der Waals surface area contributed by atoms with Gasteiger partial charge in [-0.05, 0) is 35.1 Å². The summed E-state index contributed by atoms with van der Waals surface area (Å²) < 4.78 is 0. The molecule has 100 valence electrons. The van der Waals surface area contributed by atoms with Crippen LogP contribution in [0.25, 0.3) is 0 Å². The Morgan fingerprint density at radius 1 is 0.842 bits per heavy atom. The first-order valence-electron chi connectivity index (χ1n) is 6.34. The van der Waals surface area contributed by atoms with E-state index in [4.69, 9.17) is 5.11 Å². The van der Waals surface area contributed by atoms with Gasteiger partial charge in [-0.25, -0.2) is 0 Å². The van der Waals surface area contributed by atoms with Crippen LogP contribution in [0.2, 0.25) is 0 Å². The van der Waals surface area contributed by atoms with Crippen molar-refractivity contribution in [2.75, 3.05) is 6.26 Å². The highest BCUT2D eigenvalue weighted by molar-refractivity contribution is 7.98. The normalized spacial score (nSPS) is 10.6. The molecule has 2 aromatic carbocycles. The lowest BCUT2D eigenvalue weighted by Crippen LogP contribution is -2.12. The van der Waals surface area contributed by atoms with Crippen molar-refractivity contribution >= 4 is 11.8 Å². The van der Waals surface area contributed by atoms with E-state index >= 15 is 0 Å². The summed E-state index contributed by atoms with van der Waals surface area (Å²) in [6.45, 7) is 1.82. The van der Waals surface area contributed by atoms with Gasteiger partial charge < -0.3 is 10.4 Å². The third-order valence-electron chi connectivity index (χ3n) is 3.02. The number of hydrogen-bond donors (Lipinski definition) is 2. The van der Waals surface area contributed by atoms with Crippen LogP contribution in [0.3, 0.4) is 0 Å². The lowest BCUT2D eigenvalue weighted by molar-refractivity contribution is 0.282. The molecule has 0 saturated heterocycles. The molecule has 0 saturated carbocycles. The summed E-state index contributed by atoms with van der Waals surface area (Å²) in [6, 6.07) is 16.6. The number of aliphatic hydroxyl groups is 1. The molecule has 0 spiro atoms. The lowest BCUT2D eigenvalue weighted by atomic mass is 10.1. The summed E-state index contributed by atoms with van der Waals surface area (Å²) in [6.07, 6.45) is 2.09. The number of benzene rings is 2. The minimum absolute atomic E-state index is 0.107. The van der Waals surface area contributed by atoms with Crippen LogP contribution < -0.4 is 5.32 Å². The molecule has 2 aromatic rings. The second-order valence-electron chi connectivity index (χ2n) is 4.43. The van der Waals surface area contributed by atoms with Gasteiger partial charge in [0, 0.05) is 18.0 Å². The van der Waals surface area contributed by atoms with Crippen LogP contribution in [0.4, 0.5) is 0 Å². The highest BCUT2D eigenvalue weighted by Crippen LogP contribution is 2.14. The number of hydrogen-bond acceptors (Lipinski definition) is 3. The molecular formula is C16H19NOS. The van der Waals surface area contributed by atoms with Crippen molar-refractivity contribution in [3.63, 3.8) is 0 Å². The highest BCUT2D eigenvalue weighted by atomic mass is 32.2. The zero-order valence-corrected chi connectivity index (χ0v) is 11.9. The second-order valence-corrected chi connectivity index (χ2v) is 5.31. The van der Waals surface area contributed by atoms with Crippen LogP contribution in [0.15, 0.2) is 53.4 Å². The molecule has 0 heterocycles. The minimum atomic E-state index is 0.107. The topological polar surface area (TPSA) is 32.3 Å². The number of nitrogens with one attached hydrogen (secondary N) is 1. The molecule has 0 radical (unpaired) electrons. The van der Waals surface area contributed by atoms with E-state index in [1.165, 1.54) is 16.0 Å². The van der Waals surface area contributed by atoms with Gasteiger partial charge in [-0.15, -0.1) is 11.8 Å². The van der Waals surface area contributed by atoms with Crippen LogP contribution in [0.5, 0.6) is 0 Å². The van der Waals surface area contributed by atoms with Crippen LogP contribution >= 0.6 is 11.8 Å². The van der Waals surface area contributed by atoms with Gasteiger partial charge in [0.15, 0.2) is 0 Å². The van der Waals surface area contributed by atoms with Crippen molar-refractivity contribution in [3.8, 4) is 0 Å². The van der Waals surface area contributed by atoms with Gasteiger partial charge in [-0.2, -0.15) is 0 Å². The predicted molar refractivity (Wildman–Crippen MR) is 81.1 cm³/mol. The zero-order chi connectivity index (χ0) is 13.5. The summed E-state index contributed by atoms with van der Waals surface area (Å²) in [4.78, 5) is 1.29. The molecule has 0 aromatic heterocycles. The Balaban J connectivity index is 1.81. The van der Waals surface area contributed by atoms with Gasteiger partial charge in [0.05, 0.1) is 6.61 Å². The predicted octanol–water partition coefficient (Wildman–Crippen LogP) is 3.19. The maximum atomic E-state index is 8.98. The Morgan fingerprint density at radius 3 is 1.79 bits per heavy atom. The Morgan fingerprint density at radius 2 is 1.32 bits per heavy atom. The molecule has 2 N–H and O–H groups in total. The van der Waals surface area contributed by atoms with Gasteiger partial charge in [0.1, 0.15) is 0 Å². The van der Waals surface area contributed by atoms with E-state index in [0.717, 1.165) is 18.7 Å². The van der Waals surface area contributed by atoms with Crippen molar-refractivity contribution in [2.45, 2.75) is 24.6 Å². The third kappa shape index (κ3) is 4.39. The molecule has 0 amide bonds. The van der Waals surface area contributed by atoms with E-state index in [9.17, 15) is 0 Å². The van der Waals surface area contributed by atoms with E-state index in [2.05, 4.69) is 48.0 Å². The molecule has 0 aliphatic carbocycles. The molecular weight excluding hydrogens is 254 g/mol. The molecule has 0 fully saturated rings. The first-order valence-corrected chi connectivity index (χ1v) is 7.56. The fourth-order valence-electron chi connectivity index (χ4n) is 1.86. The van der Waals surface area contributed by atoms with Gasteiger partial charge in [-0.1, -0.05) is 36.4 Å². The molecule has 0 aliphatic rings. The van der Waals surface area contributed by atoms with Crippen molar-refractivity contribution in [1.82, 2.24) is 5.32 Å². The third-order valence-corrected chi connectivity index (χ3v) is 3.77. The molecule has 3 heteroatoms. The van der Waals surface area contributed by atoms with E-state index in [1.54, 1.807) is 11.8 Å². The Hall–Kier alpha value is -1.29. The van der Waals surface area contributed by atoms with Crippen molar-refractivity contribution in [1.29, 1.82) is 0 Å². The summed E-state index contributed by atoms with van der Waals surface area (Å²) >= 11 is 1.76. The fraction of sp³-hybridized carbons (Fsp3) is 0.250. The highest BCUT2D eigenvalue weighted by Gasteiger charge is 1.96. The molecule has 2 nitrogen and oxygen atoms in total. The van der Waals surface area contributed by atoms with Gasteiger partial charge in [-0.3, -0.25) is 0 Å². The largest absolute Gasteiger partial charge is 0.392 e. The van der Waals surface area contributed by atoms with Crippen LogP contribution in [-0.2, 0) is 19.7 Å². The first-order chi connectivity index (χ1) is 9.31. The lowest BCUT2D eigenvalue weighted by Gasteiger charge is -2.06. The summed E-state index contributed by atoms with van der Waals surface area (Å²) in [7, 11) is 0. The maximum Gasteiger partial charge on any atom is 0.0681 e. The van der Waals surface area contributed by atoms with Gasteiger partial charge in [0.2, 0.25) is 0 Å².